The van der Waals surface area contributed by atoms with E-state index in [1.807, 2.05) is 25.1 Å². The Hall–Kier alpha value is -2.82. The predicted molar refractivity (Wildman–Crippen MR) is 104 cm³/mol. The summed E-state index contributed by atoms with van der Waals surface area (Å²) in [7, 11) is 1.65. The van der Waals surface area contributed by atoms with Crippen molar-refractivity contribution in [3.8, 4) is 5.75 Å². The van der Waals surface area contributed by atoms with E-state index in [-0.39, 0.29) is 12.3 Å². The maximum absolute atomic E-state index is 13.2. The Morgan fingerprint density at radius 2 is 1.78 bits per heavy atom. The van der Waals surface area contributed by atoms with Gasteiger partial charge < -0.3 is 15.2 Å². The van der Waals surface area contributed by atoms with Crippen LogP contribution < -0.4 is 10.1 Å². The molecule has 1 fully saturated rings. The number of ether oxygens (including phenoxy) is 1. The third kappa shape index (κ3) is 3.97. The zero-order valence-corrected chi connectivity index (χ0v) is 15.7. The Balaban J connectivity index is 1.84. The van der Waals surface area contributed by atoms with Crippen LogP contribution in [-0.2, 0) is 21.4 Å². The van der Waals surface area contributed by atoms with Crippen LogP contribution >= 0.6 is 0 Å². The smallest absolute Gasteiger partial charge is 0.307 e. The number of hydrogen-bond donors (Lipinski definition) is 2. The largest absolute Gasteiger partial charge is 0.496 e. The second kappa shape index (κ2) is 7.82. The van der Waals surface area contributed by atoms with E-state index in [1.54, 1.807) is 31.4 Å². The number of hydrogen-bond acceptors (Lipinski definition) is 3. The number of carbonyl (C=O) groups excluding carboxylic acids is 1. The molecule has 2 aromatic carbocycles. The van der Waals surface area contributed by atoms with Crippen molar-refractivity contribution in [3.05, 3.63) is 59.2 Å². The SMILES string of the molecule is COc1cc(C2(C(=O)Nc3ccc(CC(=O)O)cc3)CCCC2)ccc1C. The van der Waals surface area contributed by atoms with Crippen molar-refractivity contribution in [3.63, 3.8) is 0 Å². The lowest BCUT2D eigenvalue weighted by Crippen LogP contribution is -2.38. The number of carboxylic acids is 1. The third-order valence-electron chi connectivity index (χ3n) is 5.42. The van der Waals surface area contributed by atoms with Crippen LogP contribution in [0.25, 0.3) is 0 Å². The second-order valence-electron chi connectivity index (χ2n) is 7.20. The molecule has 5 nitrogen and oxygen atoms in total. The molecule has 1 saturated carbocycles. The van der Waals surface area contributed by atoms with Gasteiger partial charge in [-0.1, -0.05) is 37.1 Å². The van der Waals surface area contributed by atoms with Crippen LogP contribution in [0.15, 0.2) is 42.5 Å². The second-order valence-corrected chi connectivity index (χ2v) is 7.20. The van der Waals surface area contributed by atoms with Crippen molar-refractivity contribution in [2.75, 3.05) is 12.4 Å². The van der Waals surface area contributed by atoms with Crippen molar-refractivity contribution in [1.82, 2.24) is 0 Å². The number of amides is 1. The molecule has 1 amide bonds. The summed E-state index contributed by atoms with van der Waals surface area (Å²) in [6, 6.07) is 13.0. The topological polar surface area (TPSA) is 75.6 Å². The summed E-state index contributed by atoms with van der Waals surface area (Å²) in [4.78, 5) is 24.0. The number of carboxylic acid groups (broad SMARTS) is 1. The van der Waals surface area contributed by atoms with Crippen molar-refractivity contribution in [2.45, 2.75) is 44.4 Å². The molecule has 0 heterocycles. The number of carbonyl (C=O) groups is 2. The highest BCUT2D eigenvalue weighted by molar-refractivity contribution is 5.99. The van der Waals surface area contributed by atoms with E-state index >= 15 is 0 Å². The first-order valence-electron chi connectivity index (χ1n) is 9.22. The molecule has 27 heavy (non-hydrogen) atoms. The minimum Gasteiger partial charge on any atom is -0.496 e. The van der Waals surface area contributed by atoms with Gasteiger partial charge in [-0.3, -0.25) is 9.59 Å². The highest BCUT2D eigenvalue weighted by atomic mass is 16.5. The summed E-state index contributed by atoms with van der Waals surface area (Å²) in [6.07, 6.45) is 3.62. The monoisotopic (exact) mass is 367 g/mol. The molecule has 1 aliphatic carbocycles. The molecular formula is C22H25NO4. The van der Waals surface area contributed by atoms with Crippen LogP contribution in [0.4, 0.5) is 5.69 Å². The summed E-state index contributed by atoms with van der Waals surface area (Å²) in [6.45, 7) is 1.99. The number of aliphatic carboxylic acids is 1. The number of anilines is 1. The average molecular weight is 367 g/mol. The van der Waals surface area contributed by atoms with Crippen molar-refractivity contribution >= 4 is 17.6 Å². The van der Waals surface area contributed by atoms with E-state index in [0.717, 1.165) is 42.6 Å². The molecule has 3 rings (SSSR count). The van der Waals surface area contributed by atoms with Gasteiger partial charge in [-0.15, -0.1) is 0 Å². The highest BCUT2D eigenvalue weighted by Gasteiger charge is 2.43. The number of nitrogens with one attached hydrogen (secondary N) is 1. The lowest BCUT2D eigenvalue weighted by molar-refractivity contribution is -0.136. The molecule has 0 atom stereocenters. The van der Waals surface area contributed by atoms with Crippen LogP contribution in [0.1, 0.15) is 42.4 Å². The number of rotatable bonds is 6. The summed E-state index contributed by atoms with van der Waals surface area (Å²) < 4.78 is 5.45. The first-order chi connectivity index (χ1) is 12.9. The normalized spacial score (nSPS) is 15.3. The molecule has 0 spiro atoms. The first kappa shape index (κ1) is 19.0. The zero-order chi connectivity index (χ0) is 19.4. The molecule has 0 aromatic heterocycles. The molecular weight excluding hydrogens is 342 g/mol. The van der Waals surface area contributed by atoms with Gasteiger partial charge >= 0.3 is 5.97 Å². The van der Waals surface area contributed by atoms with Gasteiger partial charge in [0.1, 0.15) is 5.75 Å². The van der Waals surface area contributed by atoms with Gasteiger partial charge in [-0.2, -0.15) is 0 Å². The predicted octanol–water partition coefficient (Wildman–Crippen LogP) is 4.08. The summed E-state index contributed by atoms with van der Waals surface area (Å²) in [5.41, 5.74) is 2.87. The van der Waals surface area contributed by atoms with E-state index in [1.165, 1.54) is 0 Å². The van der Waals surface area contributed by atoms with Gasteiger partial charge in [0, 0.05) is 5.69 Å². The van der Waals surface area contributed by atoms with E-state index in [0.29, 0.717) is 11.3 Å². The number of methoxy groups -OCH3 is 1. The van der Waals surface area contributed by atoms with E-state index in [4.69, 9.17) is 9.84 Å². The van der Waals surface area contributed by atoms with Gasteiger partial charge in [0.25, 0.3) is 0 Å². The Kier molecular flexibility index (Phi) is 5.49. The maximum atomic E-state index is 13.2. The van der Waals surface area contributed by atoms with Crippen LogP contribution in [0.3, 0.4) is 0 Å². The lowest BCUT2D eigenvalue weighted by Gasteiger charge is -2.29. The van der Waals surface area contributed by atoms with Gasteiger partial charge in [0.15, 0.2) is 0 Å². The highest BCUT2D eigenvalue weighted by Crippen LogP contribution is 2.43. The Bertz CT molecular complexity index is 836. The molecule has 2 N–H and O–H groups in total. The molecule has 2 aromatic rings. The standard InChI is InChI=1S/C22H25NO4/c1-15-5-8-17(14-19(15)27-2)22(11-3-4-12-22)21(26)23-18-9-6-16(7-10-18)13-20(24)25/h5-10,14H,3-4,11-13H2,1-2H3,(H,23,26)(H,24,25). The lowest BCUT2D eigenvalue weighted by atomic mass is 9.77. The fraction of sp³-hybridized carbons (Fsp3) is 0.364. The Morgan fingerprint density at radius 3 is 2.37 bits per heavy atom. The van der Waals surface area contributed by atoms with Gasteiger partial charge in [-0.05, 0) is 54.7 Å². The molecule has 0 saturated heterocycles. The average Bonchev–Trinajstić information content (AvgIpc) is 3.14. The first-order valence-corrected chi connectivity index (χ1v) is 9.22. The molecule has 1 aliphatic rings. The summed E-state index contributed by atoms with van der Waals surface area (Å²) in [5.74, 6) is -0.0912. The third-order valence-corrected chi connectivity index (χ3v) is 5.42. The quantitative estimate of drug-likeness (QED) is 0.807. The fourth-order valence-corrected chi connectivity index (χ4v) is 3.87. The Morgan fingerprint density at radius 1 is 1.11 bits per heavy atom. The van der Waals surface area contributed by atoms with Crippen molar-refractivity contribution in [2.24, 2.45) is 0 Å². The minimum absolute atomic E-state index is 0.0168. The van der Waals surface area contributed by atoms with E-state index in [9.17, 15) is 9.59 Å². The molecule has 142 valence electrons. The minimum atomic E-state index is -0.870. The van der Waals surface area contributed by atoms with Crippen LogP contribution in [0.2, 0.25) is 0 Å². The molecule has 0 radical (unpaired) electrons. The van der Waals surface area contributed by atoms with Crippen molar-refractivity contribution in [1.29, 1.82) is 0 Å². The van der Waals surface area contributed by atoms with E-state index < -0.39 is 11.4 Å². The number of benzene rings is 2. The summed E-state index contributed by atoms with van der Waals surface area (Å²) in [5, 5.41) is 11.9. The van der Waals surface area contributed by atoms with Gasteiger partial charge in [0.05, 0.1) is 18.9 Å². The van der Waals surface area contributed by atoms with Gasteiger partial charge in [0.2, 0.25) is 5.91 Å². The summed E-state index contributed by atoms with van der Waals surface area (Å²) >= 11 is 0. The van der Waals surface area contributed by atoms with Crippen LogP contribution in [0, 0.1) is 6.92 Å². The van der Waals surface area contributed by atoms with Gasteiger partial charge in [-0.25, -0.2) is 0 Å². The fourth-order valence-electron chi connectivity index (χ4n) is 3.87. The van der Waals surface area contributed by atoms with Crippen molar-refractivity contribution < 1.29 is 19.4 Å². The van der Waals surface area contributed by atoms with Crippen LogP contribution in [-0.4, -0.2) is 24.1 Å². The zero-order valence-electron chi connectivity index (χ0n) is 15.7. The molecule has 0 aliphatic heterocycles. The molecule has 0 unspecified atom stereocenters. The van der Waals surface area contributed by atoms with Crippen LogP contribution in [0.5, 0.6) is 5.75 Å². The molecule has 5 heteroatoms. The van der Waals surface area contributed by atoms with E-state index in [2.05, 4.69) is 5.32 Å². The maximum Gasteiger partial charge on any atom is 0.307 e. The molecule has 0 bridgehead atoms. The number of aryl methyl sites for hydroxylation is 1. The Labute approximate surface area is 159 Å².